The second-order valence-corrected chi connectivity index (χ2v) is 2.86. The van der Waals surface area contributed by atoms with E-state index in [2.05, 4.69) is 15.5 Å². The molecule has 1 heterocycles. The summed E-state index contributed by atoms with van der Waals surface area (Å²) in [5.41, 5.74) is 6.95. The first-order valence-electron chi connectivity index (χ1n) is 4.20. The Balaban J connectivity index is 2.36. The van der Waals surface area contributed by atoms with E-state index in [1.165, 1.54) is 0 Å². The van der Waals surface area contributed by atoms with E-state index in [1.807, 2.05) is 13.0 Å². The van der Waals surface area contributed by atoms with Gasteiger partial charge in [0.05, 0.1) is 12.1 Å². The van der Waals surface area contributed by atoms with Crippen LogP contribution in [-0.4, -0.2) is 29.2 Å². The van der Waals surface area contributed by atoms with E-state index >= 15 is 0 Å². The molecule has 13 heavy (non-hydrogen) atoms. The second-order valence-electron chi connectivity index (χ2n) is 2.86. The molecule has 1 aromatic rings. The maximum absolute atomic E-state index is 11.2. The van der Waals surface area contributed by atoms with Crippen molar-refractivity contribution in [1.82, 2.24) is 15.5 Å². The molecule has 0 atom stereocenters. The summed E-state index contributed by atoms with van der Waals surface area (Å²) in [7, 11) is 0. The number of carbonyl (C=O) groups is 1. The Bertz CT molecular complexity index is 281. The van der Waals surface area contributed by atoms with Crippen LogP contribution in [0.2, 0.25) is 0 Å². The van der Waals surface area contributed by atoms with Crippen molar-refractivity contribution >= 4 is 5.91 Å². The number of aromatic nitrogens is 2. The summed E-state index contributed by atoms with van der Waals surface area (Å²) in [6.45, 7) is 2.88. The number of hydrogen-bond donors (Lipinski definition) is 3. The van der Waals surface area contributed by atoms with E-state index in [9.17, 15) is 4.79 Å². The number of aromatic amines is 1. The van der Waals surface area contributed by atoms with Crippen LogP contribution in [0.15, 0.2) is 6.07 Å². The minimum atomic E-state index is -0.0445. The van der Waals surface area contributed by atoms with Gasteiger partial charge in [0.15, 0.2) is 0 Å². The van der Waals surface area contributed by atoms with Crippen molar-refractivity contribution in [3.8, 4) is 0 Å². The van der Waals surface area contributed by atoms with Crippen molar-refractivity contribution in [2.45, 2.75) is 13.3 Å². The average Bonchev–Trinajstić information content (AvgIpc) is 2.48. The molecular weight excluding hydrogens is 168 g/mol. The fourth-order valence-corrected chi connectivity index (χ4v) is 1.00. The third kappa shape index (κ3) is 3.25. The number of aryl methyl sites for hydroxylation is 1. The van der Waals surface area contributed by atoms with E-state index < -0.39 is 0 Å². The molecule has 0 unspecified atom stereocenters. The van der Waals surface area contributed by atoms with E-state index in [-0.39, 0.29) is 5.91 Å². The van der Waals surface area contributed by atoms with E-state index in [0.29, 0.717) is 19.5 Å². The highest BCUT2D eigenvalue weighted by Crippen LogP contribution is 1.97. The van der Waals surface area contributed by atoms with Gasteiger partial charge in [-0.15, -0.1) is 0 Å². The van der Waals surface area contributed by atoms with Gasteiger partial charge < -0.3 is 11.1 Å². The van der Waals surface area contributed by atoms with Crippen molar-refractivity contribution in [3.05, 3.63) is 17.5 Å². The first-order chi connectivity index (χ1) is 6.22. The Morgan fingerprint density at radius 2 is 2.54 bits per heavy atom. The number of nitrogens with one attached hydrogen (secondary N) is 2. The van der Waals surface area contributed by atoms with Gasteiger partial charge in [-0.3, -0.25) is 9.89 Å². The SMILES string of the molecule is Cc1cc(CC(=O)NCCN)n[nH]1. The topological polar surface area (TPSA) is 83.8 Å². The molecule has 1 rings (SSSR count). The van der Waals surface area contributed by atoms with Crippen molar-refractivity contribution in [3.63, 3.8) is 0 Å². The van der Waals surface area contributed by atoms with Crippen LogP contribution in [0.4, 0.5) is 0 Å². The van der Waals surface area contributed by atoms with Crippen LogP contribution in [0.5, 0.6) is 0 Å². The minimum Gasteiger partial charge on any atom is -0.354 e. The van der Waals surface area contributed by atoms with Crippen molar-refractivity contribution in [2.24, 2.45) is 5.73 Å². The summed E-state index contributed by atoms with van der Waals surface area (Å²) in [6, 6.07) is 1.85. The fourth-order valence-electron chi connectivity index (χ4n) is 1.00. The lowest BCUT2D eigenvalue weighted by Crippen LogP contribution is -2.30. The number of nitrogens with zero attached hydrogens (tertiary/aromatic N) is 1. The zero-order valence-electron chi connectivity index (χ0n) is 7.63. The maximum Gasteiger partial charge on any atom is 0.226 e. The van der Waals surface area contributed by atoms with Gasteiger partial charge in [-0.05, 0) is 13.0 Å². The fraction of sp³-hybridized carbons (Fsp3) is 0.500. The van der Waals surface area contributed by atoms with Crippen LogP contribution in [0.3, 0.4) is 0 Å². The molecule has 0 aliphatic carbocycles. The van der Waals surface area contributed by atoms with Crippen LogP contribution < -0.4 is 11.1 Å². The zero-order chi connectivity index (χ0) is 9.68. The van der Waals surface area contributed by atoms with Crippen molar-refractivity contribution in [2.75, 3.05) is 13.1 Å². The smallest absolute Gasteiger partial charge is 0.226 e. The third-order valence-electron chi connectivity index (χ3n) is 1.57. The molecule has 0 radical (unpaired) electrons. The molecule has 0 aliphatic rings. The number of H-pyrrole nitrogens is 1. The molecule has 0 aliphatic heterocycles. The Hall–Kier alpha value is -1.36. The summed E-state index contributed by atoms with van der Waals surface area (Å²) in [6.07, 6.45) is 0.310. The zero-order valence-corrected chi connectivity index (χ0v) is 7.63. The highest BCUT2D eigenvalue weighted by atomic mass is 16.1. The maximum atomic E-state index is 11.2. The Kier molecular flexibility index (Phi) is 3.45. The van der Waals surface area contributed by atoms with Gasteiger partial charge in [-0.2, -0.15) is 5.10 Å². The molecule has 72 valence electrons. The average molecular weight is 182 g/mol. The van der Waals surface area contributed by atoms with E-state index in [0.717, 1.165) is 11.4 Å². The predicted octanol–water partition coefficient (Wildman–Crippen LogP) is -0.664. The van der Waals surface area contributed by atoms with Gasteiger partial charge in [0.25, 0.3) is 0 Å². The van der Waals surface area contributed by atoms with Gasteiger partial charge in [-0.25, -0.2) is 0 Å². The lowest BCUT2D eigenvalue weighted by atomic mass is 10.3. The molecule has 0 saturated heterocycles. The number of rotatable bonds is 4. The molecule has 1 aromatic heterocycles. The monoisotopic (exact) mass is 182 g/mol. The second kappa shape index (κ2) is 4.61. The number of amides is 1. The molecule has 0 fully saturated rings. The van der Waals surface area contributed by atoms with E-state index in [1.54, 1.807) is 0 Å². The van der Waals surface area contributed by atoms with Crippen LogP contribution in [-0.2, 0) is 11.2 Å². The predicted molar refractivity (Wildman–Crippen MR) is 49.1 cm³/mol. The molecule has 0 aromatic carbocycles. The molecule has 0 spiro atoms. The van der Waals surface area contributed by atoms with Crippen LogP contribution >= 0.6 is 0 Å². The summed E-state index contributed by atoms with van der Waals surface area (Å²) in [5, 5.41) is 9.39. The van der Waals surface area contributed by atoms with Crippen molar-refractivity contribution < 1.29 is 4.79 Å². The third-order valence-corrected chi connectivity index (χ3v) is 1.57. The van der Waals surface area contributed by atoms with Gasteiger partial charge in [-0.1, -0.05) is 0 Å². The first kappa shape index (κ1) is 9.73. The molecule has 0 bridgehead atoms. The molecule has 4 N–H and O–H groups in total. The standard InChI is InChI=1S/C8H14N4O/c1-6-4-7(12-11-6)5-8(13)10-3-2-9/h4H,2-3,5,9H2,1H3,(H,10,13)(H,11,12). The molecule has 5 nitrogen and oxygen atoms in total. The van der Waals surface area contributed by atoms with Gasteiger partial charge in [0.2, 0.25) is 5.91 Å². The Morgan fingerprint density at radius 3 is 3.08 bits per heavy atom. The normalized spacial score (nSPS) is 10.0. The lowest BCUT2D eigenvalue weighted by molar-refractivity contribution is -0.120. The van der Waals surface area contributed by atoms with Gasteiger partial charge in [0.1, 0.15) is 0 Å². The first-order valence-corrected chi connectivity index (χ1v) is 4.20. The Morgan fingerprint density at radius 1 is 1.77 bits per heavy atom. The van der Waals surface area contributed by atoms with Crippen LogP contribution in [0.1, 0.15) is 11.4 Å². The summed E-state index contributed by atoms with van der Waals surface area (Å²) in [5.74, 6) is -0.0445. The summed E-state index contributed by atoms with van der Waals surface area (Å²) < 4.78 is 0. The quantitative estimate of drug-likeness (QED) is 0.577. The number of nitrogens with two attached hydrogens (primary N) is 1. The van der Waals surface area contributed by atoms with Crippen molar-refractivity contribution in [1.29, 1.82) is 0 Å². The lowest BCUT2D eigenvalue weighted by Gasteiger charge is -1.99. The number of carbonyl (C=O) groups excluding carboxylic acids is 1. The van der Waals surface area contributed by atoms with Gasteiger partial charge >= 0.3 is 0 Å². The Labute approximate surface area is 76.7 Å². The van der Waals surface area contributed by atoms with Gasteiger partial charge in [0, 0.05) is 18.8 Å². The summed E-state index contributed by atoms with van der Waals surface area (Å²) in [4.78, 5) is 11.2. The highest BCUT2D eigenvalue weighted by molar-refractivity contribution is 5.78. The van der Waals surface area contributed by atoms with Crippen LogP contribution in [0, 0.1) is 6.92 Å². The molecular formula is C8H14N4O. The molecule has 1 amide bonds. The van der Waals surface area contributed by atoms with Crippen LogP contribution in [0.25, 0.3) is 0 Å². The minimum absolute atomic E-state index is 0.0445. The highest BCUT2D eigenvalue weighted by Gasteiger charge is 2.04. The van der Waals surface area contributed by atoms with E-state index in [4.69, 9.17) is 5.73 Å². The molecule has 5 heteroatoms. The largest absolute Gasteiger partial charge is 0.354 e. The number of hydrogen-bond acceptors (Lipinski definition) is 3. The summed E-state index contributed by atoms with van der Waals surface area (Å²) >= 11 is 0. The molecule has 0 saturated carbocycles.